The fourth-order valence-corrected chi connectivity index (χ4v) is 9.10. The number of carbonyl (C=O) groups excluding carboxylic acids is 2. The van der Waals surface area contributed by atoms with Gasteiger partial charge in [-0.05, 0) is 121 Å². The minimum Gasteiger partial charge on any atom is -0.490 e. The van der Waals surface area contributed by atoms with E-state index >= 15 is 0 Å². The smallest absolute Gasteiger partial charge is 0.410 e. The van der Waals surface area contributed by atoms with Crippen LogP contribution in [-0.2, 0) is 31.4 Å². The van der Waals surface area contributed by atoms with E-state index in [1.807, 2.05) is 37.2 Å². The summed E-state index contributed by atoms with van der Waals surface area (Å²) in [4.78, 5) is 34.7. The Labute approximate surface area is 307 Å². The van der Waals surface area contributed by atoms with E-state index in [1.165, 1.54) is 17.2 Å². The van der Waals surface area contributed by atoms with E-state index < -0.39 is 27.6 Å². The van der Waals surface area contributed by atoms with Crippen LogP contribution in [0.3, 0.4) is 0 Å². The van der Waals surface area contributed by atoms with E-state index in [0.717, 1.165) is 32.1 Å². The molecule has 2 aliphatic carbocycles. The monoisotopic (exact) mass is 741 g/mol. The zero-order valence-corrected chi connectivity index (χ0v) is 32.2. The minimum absolute atomic E-state index is 0.00172. The van der Waals surface area contributed by atoms with Gasteiger partial charge in [0.05, 0.1) is 22.7 Å². The first kappa shape index (κ1) is 37.4. The van der Waals surface area contributed by atoms with Gasteiger partial charge in [0.25, 0.3) is 15.9 Å². The van der Waals surface area contributed by atoms with Gasteiger partial charge in [0.15, 0.2) is 0 Å². The lowest BCUT2D eigenvalue weighted by molar-refractivity contribution is -0.128. The van der Waals surface area contributed by atoms with E-state index in [0.29, 0.717) is 55.8 Å². The molecule has 0 aromatic heterocycles. The number of likely N-dealkylation sites (N-methyl/N-ethyl adjacent to an activating group) is 3. The van der Waals surface area contributed by atoms with Crippen molar-refractivity contribution in [2.75, 3.05) is 72.4 Å². The van der Waals surface area contributed by atoms with Gasteiger partial charge in [0.2, 0.25) is 0 Å². The summed E-state index contributed by atoms with van der Waals surface area (Å²) in [5, 5.41) is 0.707. The number of fused-ring (bicyclic) bond motifs is 4. The number of aryl methyl sites for hydroxylation is 1. The molecule has 2 aromatic carbocycles. The molecule has 6 rings (SSSR count). The summed E-state index contributed by atoms with van der Waals surface area (Å²) in [6.07, 6.45) is 7.66. The van der Waals surface area contributed by atoms with E-state index in [-0.39, 0.29) is 28.2 Å². The van der Waals surface area contributed by atoms with Gasteiger partial charge in [0.1, 0.15) is 11.9 Å². The number of anilines is 1. The van der Waals surface area contributed by atoms with Gasteiger partial charge >= 0.3 is 6.09 Å². The van der Waals surface area contributed by atoms with Crippen molar-refractivity contribution in [3.8, 4) is 5.75 Å². The molecular formula is C38H52ClN5O6S. The second kappa shape index (κ2) is 14.6. The van der Waals surface area contributed by atoms with Gasteiger partial charge in [-0.1, -0.05) is 23.7 Å². The Morgan fingerprint density at radius 1 is 1.12 bits per heavy atom. The number of nitrogens with one attached hydrogen (secondary N) is 1. The average Bonchev–Trinajstić information content (AvgIpc) is 3.21. The van der Waals surface area contributed by atoms with Crippen molar-refractivity contribution in [3.63, 3.8) is 0 Å². The lowest BCUT2D eigenvalue weighted by Gasteiger charge is -2.46. The molecule has 4 atom stereocenters. The highest BCUT2D eigenvalue weighted by Crippen LogP contribution is 2.47. The Hall–Kier alpha value is -3.32. The van der Waals surface area contributed by atoms with Crippen LogP contribution < -0.4 is 14.4 Å². The predicted molar refractivity (Wildman–Crippen MR) is 199 cm³/mol. The highest BCUT2D eigenvalue weighted by atomic mass is 35.5. The van der Waals surface area contributed by atoms with Crippen molar-refractivity contribution in [2.24, 2.45) is 11.8 Å². The second-order valence-electron chi connectivity index (χ2n) is 15.6. The Bertz CT molecular complexity index is 1780. The molecule has 13 heteroatoms. The third-order valence-electron chi connectivity index (χ3n) is 11.5. The largest absolute Gasteiger partial charge is 0.490 e. The van der Waals surface area contributed by atoms with Crippen LogP contribution in [0.5, 0.6) is 5.75 Å². The van der Waals surface area contributed by atoms with Gasteiger partial charge in [-0.25, -0.2) is 17.9 Å². The number of carbonyl (C=O) groups is 2. The summed E-state index contributed by atoms with van der Waals surface area (Å²) >= 11 is 6.45. The Kier molecular flexibility index (Phi) is 10.7. The molecule has 1 spiro atoms. The van der Waals surface area contributed by atoms with Crippen LogP contribution >= 0.6 is 11.6 Å². The van der Waals surface area contributed by atoms with Crippen LogP contribution in [0.15, 0.2) is 53.4 Å². The minimum atomic E-state index is -4.21. The molecule has 2 aromatic rings. The SMILES string of the molecule is CN(C)CCN(C)C(=O)O[C@H]1C=CCN(C)C(C)(C)C(=O)NS(=O)(=O)c2ccc3c(c2)N(C[C@@H]2CC[C@H]21)C[C@@]1(CCCc2cc(Cl)ccc21)CO3. The lowest BCUT2D eigenvalue weighted by atomic mass is 9.68. The van der Waals surface area contributed by atoms with Crippen molar-refractivity contribution in [2.45, 2.75) is 67.9 Å². The number of rotatable bonds is 4. The summed E-state index contributed by atoms with van der Waals surface area (Å²) in [5.74, 6) is 0.169. The third kappa shape index (κ3) is 7.75. The Morgan fingerprint density at radius 3 is 2.63 bits per heavy atom. The zero-order valence-electron chi connectivity index (χ0n) is 30.7. The maximum absolute atomic E-state index is 13.8. The standard InChI is InChI=1S/C38H52ClN5O6S/c1-37(2)35(45)40-51(47,48)29-13-16-34-32(22-29)44(24-38(25-49-34)17-7-9-26-21-28(39)12-15-31(26)38)23-27-11-14-30(27)33(10-8-18-43(37)6)50-36(46)42(5)20-19-41(3)4/h8,10,12-13,15-16,21-22,27,30,33H,7,9,11,14,17-20,23-25H2,1-6H3,(H,40,45)/t27-,30+,33-,38-/m0/s1. The molecule has 51 heavy (non-hydrogen) atoms. The summed E-state index contributed by atoms with van der Waals surface area (Å²) in [6.45, 7) is 6.64. The number of nitrogens with zero attached hydrogens (tertiary/aromatic N) is 4. The lowest BCUT2D eigenvalue weighted by Crippen LogP contribution is -2.54. The van der Waals surface area contributed by atoms with Gasteiger partial charge in [-0.15, -0.1) is 0 Å². The van der Waals surface area contributed by atoms with Crippen molar-refractivity contribution in [3.05, 3.63) is 64.7 Å². The Morgan fingerprint density at radius 2 is 1.90 bits per heavy atom. The number of halogens is 1. The predicted octanol–water partition coefficient (Wildman–Crippen LogP) is 4.92. The number of amides is 2. The summed E-state index contributed by atoms with van der Waals surface area (Å²) in [7, 11) is 3.25. The van der Waals surface area contributed by atoms with E-state index in [2.05, 4.69) is 21.8 Å². The molecule has 2 heterocycles. The van der Waals surface area contributed by atoms with E-state index in [9.17, 15) is 18.0 Å². The van der Waals surface area contributed by atoms with Crippen LogP contribution in [0.25, 0.3) is 0 Å². The van der Waals surface area contributed by atoms with Gasteiger partial charge in [0, 0.05) is 56.1 Å². The topological polar surface area (TPSA) is 112 Å². The van der Waals surface area contributed by atoms with Crippen LogP contribution in [0.4, 0.5) is 10.5 Å². The van der Waals surface area contributed by atoms with Gasteiger partial charge in [-0.2, -0.15) is 0 Å². The number of ether oxygens (including phenoxy) is 2. The van der Waals surface area contributed by atoms with Crippen molar-refractivity contribution < 1.29 is 27.5 Å². The zero-order chi connectivity index (χ0) is 36.7. The molecule has 4 aliphatic rings. The first-order valence-corrected chi connectivity index (χ1v) is 19.8. The molecule has 1 N–H and O–H groups in total. The molecule has 2 amide bonds. The van der Waals surface area contributed by atoms with Crippen molar-refractivity contribution in [1.82, 2.24) is 19.4 Å². The molecule has 1 saturated carbocycles. The van der Waals surface area contributed by atoms with Crippen LogP contribution in [-0.4, -0.2) is 114 Å². The number of hydrogen-bond donors (Lipinski definition) is 1. The molecule has 2 aliphatic heterocycles. The molecule has 0 unspecified atom stereocenters. The van der Waals surface area contributed by atoms with Crippen molar-refractivity contribution >= 4 is 39.3 Å². The maximum Gasteiger partial charge on any atom is 0.410 e. The van der Waals surface area contributed by atoms with E-state index in [1.54, 1.807) is 49.9 Å². The molecule has 0 radical (unpaired) electrons. The average molecular weight is 742 g/mol. The van der Waals surface area contributed by atoms with Crippen molar-refractivity contribution in [1.29, 1.82) is 0 Å². The summed E-state index contributed by atoms with van der Waals surface area (Å²) < 4.78 is 42.8. The Balaban J connectivity index is 1.41. The molecule has 278 valence electrons. The molecule has 11 nitrogen and oxygen atoms in total. The number of benzene rings is 2. The fourth-order valence-electron chi connectivity index (χ4n) is 7.78. The fraction of sp³-hybridized carbons (Fsp3) is 0.579. The summed E-state index contributed by atoms with van der Waals surface area (Å²) in [6, 6.07) is 11.0. The first-order chi connectivity index (χ1) is 24.1. The number of hydrogen-bond acceptors (Lipinski definition) is 9. The third-order valence-corrected chi connectivity index (χ3v) is 13.1. The second-order valence-corrected chi connectivity index (χ2v) is 17.7. The quantitative estimate of drug-likeness (QED) is 0.437. The maximum atomic E-state index is 13.8. The first-order valence-electron chi connectivity index (χ1n) is 17.9. The normalized spacial score (nSPS) is 27.3. The van der Waals surface area contributed by atoms with Crippen LogP contribution in [0.1, 0.15) is 50.7 Å². The highest BCUT2D eigenvalue weighted by Gasteiger charge is 2.45. The molecular weight excluding hydrogens is 690 g/mol. The van der Waals surface area contributed by atoms with Gasteiger partial charge in [-0.3, -0.25) is 9.69 Å². The molecule has 0 saturated heterocycles. The van der Waals surface area contributed by atoms with Gasteiger partial charge < -0.3 is 24.2 Å². The van der Waals surface area contributed by atoms with Crippen LogP contribution in [0.2, 0.25) is 5.02 Å². The molecule has 2 bridgehead atoms. The number of sulfonamides is 1. The summed E-state index contributed by atoms with van der Waals surface area (Å²) in [5.41, 5.74) is 1.58. The van der Waals surface area contributed by atoms with Crippen LogP contribution in [0, 0.1) is 11.8 Å². The van der Waals surface area contributed by atoms with E-state index in [4.69, 9.17) is 21.1 Å². The highest BCUT2D eigenvalue weighted by molar-refractivity contribution is 7.90. The molecule has 1 fully saturated rings.